The van der Waals surface area contributed by atoms with Gasteiger partial charge in [-0.25, -0.2) is 0 Å². The number of benzene rings is 1. The summed E-state index contributed by atoms with van der Waals surface area (Å²) in [6.07, 6.45) is 1.43. The highest BCUT2D eigenvalue weighted by atomic mass is 35.5. The summed E-state index contributed by atoms with van der Waals surface area (Å²) in [6, 6.07) is 7.31. The third-order valence-corrected chi connectivity index (χ3v) is 4.08. The van der Waals surface area contributed by atoms with Gasteiger partial charge in [0.25, 0.3) is 5.91 Å². The summed E-state index contributed by atoms with van der Waals surface area (Å²) in [6.45, 7) is 7.13. The molecule has 0 radical (unpaired) electrons. The number of hydrogen-bond donors (Lipinski definition) is 3. The van der Waals surface area contributed by atoms with Crippen molar-refractivity contribution in [3.8, 4) is 6.07 Å². The van der Waals surface area contributed by atoms with E-state index in [9.17, 15) is 10.1 Å². The Morgan fingerprint density at radius 3 is 2.88 bits per heavy atom. The molecule has 1 aromatic rings. The first kappa shape index (κ1) is 18.3. The van der Waals surface area contributed by atoms with Crippen LogP contribution in [0.15, 0.2) is 30.0 Å². The van der Waals surface area contributed by atoms with Gasteiger partial charge in [0.1, 0.15) is 11.6 Å². The number of nitrogens with zero attached hydrogens (tertiary/aromatic N) is 2. The molecule has 0 atom stereocenters. The number of nitriles is 1. The Morgan fingerprint density at radius 2 is 2.21 bits per heavy atom. The molecular formula is C17H22ClN5O. The lowest BCUT2D eigenvalue weighted by Crippen LogP contribution is -2.46. The third kappa shape index (κ3) is 5.53. The zero-order valence-electron chi connectivity index (χ0n) is 13.7. The molecule has 0 saturated carbocycles. The van der Waals surface area contributed by atoms with Gasteiger partial charge in [0, 0.05) is 56.2 Å². The average Bonchev–Trinajstić information content (AvgIpc) is 2.58. The summed E-state index contributed by atoms with van der Waals surface area (Å²) in [5, 5.41) is 18.9. The Bertz CT molecular complexity index is 647. The Kier molecular flexibility index (Phi) is 7.07. The third-order valence-electron chi connectivity index (χ3n) is 3.85. The van der Waals surface area contributed by atoms with Crippen LogP contribution in [0.2, 0.25) is 5.02 Å². The predicted octanol–water partition coefficient (Wildman–Crippen LogP) is 1.49. The largest absolute Gasteiger partial charge is 0.360 e. The van der Waals surface area contributed by atoms with Crippen LogP contribution in [0.1, 0.15) is 5.56 Å². The van der Waals surface area contributed by atoms with Crippen LogP contribution in [-0.2, 0) is 4.79 Å². The summed E-state index contributed by atoms with van der Waals surface area (Å²) in [5.41, 5.74) is 1.79. The first-order valence-corrected chi connectivity index (χ1v) is 8.32. The molecular weight excluding hydrogens is 326 g/mol. The van der Waals surface area contributed by atoms with Crippen molar-refractivity contribution in [2.24, 2.45) is 0 Å². The second-order valence-corrected chi connectivity index (χ2v) is 6.06. The number of rotatable bonds is 6. The predicted molar refractivity (Wildman–Crippen MR) is 95.8 cm³/mol. The van der Waals surface area contributed by atoms with E-state index in [0.717, 1.165) is 44.0 Å². The molecule has 0 unspecified atom stereocenters. The van der Waals surface area contributed by atoms with Gasteiger partial charge in [0.05, 0.1) is 0 Å². The molecule has 7 heteroatoms. The number of amides is 1. The second-order valence-electron chi connectivity index (χ2n) is 5.62. The van der Waals surface area contributed by atoms with Gasteiger partial charge < -0.3 is 16.0 Å². The van der Waals surface area contributed by atoms with Crippen LogP contribution in [0.5, 0.6) is 0 Å². The summed E-state index contributed by atoms with van der Waals surface area (Å²) >= 11 is 5.91. The van der Waals surface area contributed by atoms with Gasteiger partial charge in [0.15, 0.2) is 0 Å². The van der Waals surface area contributed by atoms with Crippen LogP contribution in [0.4, 0.5) is 5.69 Å². The molecule has 3 N–H and O–H groups in total. The molecule has 2 rings (SSSR count). The van der Waals surface area contributed by atoms with E-state index in [0.29, 0.717) is 11.6 Å². The lowest BCUT2D eigenvalue weighted by atomic mass is 10.2. The van der Waals surface area contributed by atoms with Gasteiger partial charge in [-0.05, 0) is 30.7 Å². The zero-order chi connectivity index (χ0) is 17.4. The fourth-order valence-corrected chi connectivity index (χ4v) is 2.67. The van der Waals surface area contributed by atoms with Crippen LogP contribution in [-0.4, -0.2) is 50.1 Å². The van der Waals surface area contributed by atoms with E-state index < -0.39 is 0 Å². The van der Waals surface area contributed by atoms with Crippen LogP contribution in [0, 0.1) is 18.3 Å². The lowest BCUT2D eigenvalue weighted by Gasteiger charge is -2.27. The number of hydrogen-bond acceptors (Lipinski definition) is 5. The fraction of sp³-hybridized carbons (Fsp3) is 0.412. The molecule has 1 aromatic carbocycles. The zero-order valence-corrected chi connectivity index (χ0v) is 14.5. The monoisotopic (exact) mass is 347 g/mol. The smallest absolute Gasteiger partial charge is 0.263 e. The molecule has 6 nitrogen and oxygen atoms in total. The van der Waals surface area contributed by atoms with E-state index in [1.165, 1.54) is 6.20 Å². The van der Waals surface area contributed by atoms with Crippen molar-refractivity contribution in [2.45, 2.75) is 6.92 Å². The van der Waals surface area contributed by atoms with Gasteiger partial charge in [-0.1, -0.05) is 11.6 Å². The summed E-state index contributed by atoms with van der Waals surface area (Å²) in [7, 11) is 0. The van der Waals surface area contributed by atoms with Crippen LogP contribution in [0.25, 0.3) is 0 Å². The SMILES string of the molecule is Cc1cc(Cl)ccc1N/C=C(/C#N)C(=O)NCCN1CCNCC1. The number of carbonyl (C=O) groups is 1. The van der Waals surface area contributed by atoms with Crippen LogP contribution >= 0.6 is 11.6 Å². The van der Waals surface area contributed by atoms with E-state index in [1.54, 1.807) is 6.07 Å². The Hall–Kier alpha value is -2.07. The van der Waals surface area contributed by atoms with Crippen molar-refractivity contribution in [2.75, 3.05) is 44.6 Å². The molecule has 0 bridgehead atoms. The molecule has 1 saturated heterocycles. The molecule has 0 aliphatic carbocycles. The molecule has 0 aromatic heterocycles. The lowest BCUT2D eigenvalue weighted by molar-refractivity contribution is -0.117. The summed E-state index contributed by atoms with van der Waals surface area (Å²) in [4.78, 5) is 14.4. The molecule has 1 fully saturated rings. The summed E-state index contributed by atoms with van der Waals surface area (Å²) < 4.78 is 0. The highest BCUT2D eigenvalue weighted by Gasteiger charge is 2.11. The van der Waals surface area contributed by atoms with E-state index in [4.69, 9.17) is 11.6 Å². The van der Waals surface area contributed by atoms with Crippen molar-refractivity contribution in [3.05, 3.63) is 40.6 Å². The fourth-order valence-electron chi connectivity index (χ4n) is 2.45. The van der Waals surface area contributed by atoms with E-state index in [1.807, 2.05) is 25.1 Å². The first-order chi connectivity index (χ1) is 11.6. The van der Waals surface area contributed by atoms with Crippen molar-refractivity contribution in [3.63, 3.8) is 0 Å². The molecule has 1 aliphatic heterocycles. The van der Waals surface area contributed by atoms with Gasteiger partial charge >= 0.3 is 0 Å². The number of nitrogens with one attached hydrogen (secondary N) is 3. The van der Waals surface area contributed by atoms with Crippen molar-refractivity contribution in [1.29, 1.82) is 5.26 Å². The molecule has 1 aliphatic rings. The van der Waals surface area contributed by atoms with E-state index in [-0.39, 0.29) is 11.5 Å². The maximum absolute atomic E-state index is 12.1. The highest BCUT2D eigenvalue weighted by molar-refractivity contribution is 6.30. The minimum absolute atomic E-state index is 0.0460. The first-order valence-electron chi connectivity index (χ1n) is 7.94. The highest BCUT2D eigenvalue weighted by Crippen LogP contribution is 2.19. The Morgan fingerprint density at radius 1 is 1.46 bits per heavy atom. The quantitative estimate of drug-likeness (QED) is 0.536. The standard InChI is InChI=1S/C17H22ClN5O/c1-13-10-15(18)2-3-16(13)22-12-14(11-19)17(24)21-6-9-23-7-4-20-5-8-23/h2-3,10,12,20,22H,4-9H2,1H3,(H,21,24)/b14-12-. The van der Waals surface area contributed by atoms with Gasteiger partial charge in [0.2, 0.25) is 0 Å². The second kappa shape index (κ2) is 9.28. The summed E-state index contributed by atoms with van der Waals surface area (Å²) in [5.74, 6) is -0.369. The number of carbonyl (C=O) groups excluding carboxylic acids is 1. The number of anilines is 1. The normalized spacial score (nSPS) is 15.6. The minimum atomic E-state index is -0.369. The van der Waals surface area contributed by atoms with Crippen LogP contribution in [0.3, 0.4) is 0 Å². The van der Waals surface area contributed by atoms with E-state index in [2.05, 4.69) is 20.9 Å². The maximum Gasteiger partial charge on any atom is 0.263 e. The molecule has 1 heterocycles. The van der Waals surface area contributed by atoms with E-state index >= 15 is 0 Å². The molecule has 24 heavy (non-hydrogen) atoms. The van der Waals surface area contributed by atoms with Crippen LogP contribution < -0.4 is 16.0 Å². The van der Waals surface area contributed by atoms with Crippen molar-refractivity contribution >= 4 is 23.2 Å². The van der Waals surface area contributed by atoms with Gasteiger partial charge in [-0.3, -0.25) is 9.69 Å². The molecule has 128 valence electrons. The Labute approximate surface area is 147 Å². The Balaban J connectivity index is 1.85. The number of piperazine rings is 1. The molecule has 1 amide bonds. The number of aryl methyl sites for hydroxylation is 1. The van der Waals surface area contributed by atoms with Gasteiger partial charge in [-0.2, -0.15) is 5.26 Å². The number of halogens is 1. The van der Waals surface area contributed by atoms with Gasteiger partial charge in [-0.15, -0.1) is 0 Å². The topological polar surface area (TPSA) is 80.2 Å². The average molecular weight is 348 g/mol. The maximum atomic E-state index is 12.1. The van der Waals surface area contributed by atoms with Crippen molar-refractivity contribution in [1.82, 2.24) is 15.5 Å². The molecule has 0 spiro atoms. The van der Waals surface area contributed by atoms with Crippen molar-refractivity contribution < 1.29 is 4.79 Å². The minimum Gasteiger partial charge on any atom is -0.360 e.